The van der Waals surface area contributed by atoms with Crippen LogP contribution in [-0.4, -0.2) is 35.0 Å². The van der Waals surface area contributed by atoms with E-state index in [9.17, 15) is 18.0 Å². The molecular weight excluding hydrogens is 417 g/mol. The van der Waals surface area contributed by atoms with Crippen LogP contribution in [0.25, 0.3) is 10.2 Å². The quantitative estimate of drug-likeness (QED) is 0.580. The van der Waals surface area contributed by atoms with Crippen molar-refractivity contribution in [3.8, 4) is 0 Å². The number of fused-ring (bicyclic) bond motifs is 1. The van der Waals surface area contributed by atoms with Crippen LogP contribution in [0.5, 0.6) is 0 Å². The van der Waals surface area contributed by atoms with Gasteiger partial charge in [0.2, 0.25) is 0 Å². The second kappa shape index (κ2) is 7.73. The molecule has 1 unspecified atom stereocenters. The van der Waals surface area contributed by atoms with Gasteiger partial charge in [-0.2, -0.15) is 13.2 Å². The molecule has 0 radical (unpaired) electrons. The van der Waals surface area contributed by atoms with E-state index < -0.39 is 17.6 Å². The Balaban J connectivity index is 1.69. The Hall–Kier alpha value is -2.92. The van der Waals surface area contributed by atoms with E-state index in [1.165, 1.54) is 6.20 Å². The molecule has 3 aromatic rings. The Morgan fingerprint density at radius 3 is 2.83 bits per heavy atom. The first-order chi connectivity index (χ1) is 14.3. The summed E-state index contributed by atoms with van der Waals surface area (Å²) in [5.41, 5.74) is 12.1. The molecule has 1 atom stereocenters. The van der Waals surface area contributed by atoms with Crippen molar-refractivity contribution in [2.45, 2.75) is 25.1 Å². The van der Waals surface area contributed by atoms with E-state index in [1.54, 1.807) is 12.3 Å². The number of pyridine rings is 2. The normalized spacial score (nSPS) is 17.3. The zero-order chi connectivity index (χ0) is 21.5. The molecule has 30 heavy (non-hydrogen) atoms. The van der Waals surface area contributed by atoms with Crippen molar-refractivity contribution in [2.24, 2.45) is 5.73 Å². The molecule has 5 N–H and O–H groups in total. The van der Waals surface area contributed by atoms with Crippen molar-refractivity contribution in [3.05, 3.63) is 41.9 Å². The highest BCUT2D eigenvalue weighted by atomic mass is 32.1. The molecule has 4 heterocycles. The molecule has 1 aliphatic heterocycles. The van der Waals surface area contributed by atoms with Crippen molar-refractivity contribution in [3.63, 3.8) is 0 Å². The number of halogens is 3. The number of nitrogens with two attached hydrogens (primary N) is 2. The molecule has 11 heteroatoms. The Morgan fingerprint density at radius 1 is 1.30 bits per heavy atom. The highest BCUT2D eigenvalue weighted by Crippen LogP contribution is 2.41. The summed E-state index contributed by atoms with van der Waals surface area (Å²) >= 11 is 0.696. The van der Waals surface area contributed by atoms with E-state index in [0.29, 0.717) is 23.6 Å². The van der Waals surface area contributed by atoms with Crippen LogP contribution in [0, 0.1) is 0 Å². The molecule has 0 bridgehead atoms. The molecule has 0 spiro atoms. The second-order valence-corrected chi connectivity index (χ2v) is 8.12. The fourth-order valence-electron chi connectivity index (χ4n) is 3.62. The first-order valence-electron chi connectivity index (χ1n) is 9.25. The van der Waals surface area contributed by atoms with Crippen LogP contribution < -0.4 is 21.7 Å². The first kappa shape index (κ1) is 20.4. The summed E-state index contributed by atoms with van der Waals surface area (Å²) in [7, 11) is 0. The fraction of sp³-hybridized carbons (Fsp3) is 0.316. The molecule has 158 valence electrons. The lowest BCUT2D eigenvalue weighted by Crippen LogP contribution is -2.43. The summed E-state index contributed by atoms with van der Waals surface area (Å²) in [5, 5.41) is 2.71. The van der Waals surface area contributed by atoms with E-state index in [2.05, 4.69) is 20.2 Å². The number of anilines is 3. The van der Waals surface area contributed by atoms with E-state index >= 15 is 0 Å². The average Bonchev–Trinajstić information content (AvgIpc) is 3.03. The number of aromatic nitrogens is 2. The molecule has 0 aromatic carbocycles. The maximum Gasteiger partial charge on any atom is 0.417 e. The zero-order valence-electron chi connectivity index (χ0n) is 15.7. The van der Waals surface area contributed by atoms with Gasteiger partial charge in [0, 0.05) is 31.5 Å². The largest absolute Gasteiger partial charge is 0.417 e. The third-order valence-corrected chi connectivity index (χ3v) is 6.02. The molecule has 1 saturated heterocycles. The lowest BCUT2D eigenvalue weighted by atomic mass is 10.1. The van der Waals surface area contributed by atoms with Crippen molar-refractivity contribution < 1.29 is 18.0 Å². The number of piperidine rings is 1. The Morgan fingerprint density at radius 2 is 2.10 bits per heavy atom. The Bertz CT molecular complexity index is 1100. The smallest absolute Gasteiger partial charge is 0.390 e. The van der Waals surface area contributed by atoms with Gasteiger partial charge in [-0.1, -0.05) is 0 Å². The molecule has 7 nitrogen and oxygen atoms in total. The number of alkyl halides is 3. The molecule has 1 amide bonds. The van der Waals surface area contributed by atoms with Crippen LogP contribution in [0.15, 0.2) is 30.7 Å². The molecule has 1 aliphatic rings. The fourth-order valence-corrected chi connectivity index (χ4v) is 4.68. The third-order valence-electron chi connectivity index (χ3n) is 4.98. The van der Waals surface area contributed by atoms with Crippen LogP contribution in [0.4, 0.5) is 29.5 Å². The van der Waals surface area contributed by atoms with Gasteiger partial charge in [0.15, 0.2) is 0 Å². The van der Waals surface area contributed by atoms with Crippen LogP contribution in [0.2, 0.25) is 0 Å². The zero-order valence-corrected chi connectivity index (χ0v) is 16.6. The summed E-state index contributed by atoms with van der Waals surface area (Å²) in [4.78, 5) is 23.1. The van der Waals surface area contributed by atoms with E-state index in [1.807, 2.05) is 0 Å². The van der Waals surface area contributed by atoms with Crippen LogP contribution in [-0.2, 0) is 6.18 Å². The number of hydrogen-bond donors (Lipinski definition) is 3. The average molecular weight is 436 g/mol. The van der Waals surface area contributed by atoms with E-state index in [-0.39, 0.29) is 26.8 Å². The maximum atomic E-state index is 13.3. The van der Waals surface area contributed by atoms with Gasteiger partial charge < -0.3 is 21.7 Å². The summed E-state index contributed by atoms with van der Waals surface area (Å²) in [5.74, 6) is -0.638. The van der Waals surface area contributed by atoms with Gasteiger partial charge in [-0.3, -0.25) is 14.8 Å². The molecule has 4 rings (SSSR count). The van der Waals surface area contributed by atoms with Crippen LogP contribution in [0.3, 0.4) is 0 Å². The standard InChI is InChI=1S/C19H19F3N6OS/c20-19(21,22)11-3-6-26-15-14(17(24)30-16(11)15)18(29)27-12-8-25-5-4-13(12)28-7-1-2-10(23)9-28/h3-6,8,10H,1-2,7,9,23-24H2,(H,27,29). The van der Waals surface area contributed by atoms with Gasteiger partial charge >= 0.3 is 6.18 Å². The minimum atomic E-state index is -4.57. The lowest BCUT2D eigenvalue weighted by molar-refractivity contribution is -0.136. The second-order valence-electron chi connectivity index (χ2n) is 7.07. The van der Waals surface area contributed by atoms with Gasteiger partial charge in [0.25, 0.3) is 5.91 Å². The summed E-state index contributed by atoms with van der Waals surface area (Å²) in [6.45, 7) is 1.41. The number of amides is 1. The number of nitrogen functional groups attached to an aromatic ring is 1. The van der Waals surface area contributed by atoms with Gasteiger partial charge in [-0.25, -0.2) is 0 Å². The monoisotopic (exact) mass is 436 g/mol. The summed E-state index contributed by atoms with van der Waals surface area (Å²) < 4.78 is 39.8. The summed E-state index contributed by atoms with van der Waals surface area (Å²) in [6, 6.07) is 2.67. The van der Waals surface area contributed by atoms with Crippen molar-refractivity contribution in [1.29, 1.82) is 0 Å². The SMILES string of the molecule is Nc1sc2c(C(F)(F)F)ccnc2c1C(=O)Nc1cnccc1N1CCCC(N)C1. The van der Waals surface area contributed by atoms with Gasteiger partial charge in [-0.05, 0) is 25.0 Å². The van der Waals surface area contributed by atoms with E-state index in [4.69, 9.17) is 11.5 Å². The topological polar surface area (TPSA) is 110 Å². The Kier molecular flexibility index (Phi) is 5.24. The molecule has 0 saturated carbocycles. The number of rotatable bonds is 3. The number of hydrogen-bond acceptors (Lipinski definition) is 7. The van der Waals surface area contributed by atoms with E-state index in [0.717, 1.165) is 37.3 Å². The van der Waals surface area contributed by atoms with Gasteiger partial charge in [0.1, 0.15) is 10.6 Å². The highest BCUT2D eigenvalue weighted by Gasteiger charge is 2.35. The van der Waals surface area contributed by atoms with Gasteiger partial charge in [0.05, 0.1) is 33.4 Å². The molecule has 3 aromatic heterocycles. The van der Waals surface area contributed by atoms with Crippen molar-refractivity contribution in [2.75, 3.05) is 29.0 Å². The van der Waals surface area contributed by atoms with Crippen LogP contribution >= 0.6 is 11.3 Å². The number of carbonyl (C=O) groups is 1. The van der Waals surface area contributed by atoms with Gasteiger partial charge in [-0.15, -0.1) is 11.3 Å². The lowest BCUT2D eigenvalue weighted by Gasteiger charge is -2.33. The number of carbonyl (C=O) groups excluding carboxylic acids is 1. The molecule has 1 fully saturated rings. The van der Waals surface area contributed by atoms with Crippen molar-refractivity contribution in [1.82, 2.24) is 9.97 Å². The first-order valence-corrected chi connectivity index (χ1v) is 10.1. The molecule has 0 aliphatic carbocycles. The Labute approximate surface area is 173 Å². The minimum Gasteiger partial charge on any atom is -0.390 e. The minimum absolute atomic E-state index is 0.0249. The molecular formula is C19H19F3N6OS. The maximum absolute atomic E-state index is 13.3. The number of nitrogens with zero attached hydrogens (tertiary/aromatic N) is 3. The van der Waals surface area contributed by atoms with Crippen LogP contribution in [0.1, 0.15) is 28.8 Å². The third kappa shape index (κ3) is 3.77. The highest BCUT2D eigenvalue weighted by molar-refractivity contribution is 7.23. The number of nitrogens with one attached hydrogen (secondary N) is 1. The van der Waals surface area contributed by atoms with Crippen molar-refractivity contribution >= 4 is 43.8 Å². The number of thiophene rings is 1. The predicted molar refractivity (Wildman–Crippen MR) is 111 cm³/mol. The summed E-state index contributed by atoms with van der Waals surface area (Å²) in [6.07, 6.45) is 1.40. The predicted octanol–water partition coefficient (Wildman–Crippen LogP) is 3.47.